The summed E-state index contributed by atoms with van der Waals surface area (Å²) in [6.07, 6.45) is 3.49. The van der Waals surface area contributed by atoms with Gasteiger partial charge in [0.15, 0.2) is 0 Å². The van der Waals surface area contributed by atoms with E-state index in [0.717, 1.165) is 19.3 Å². The average Bonchev–Trinajstić information content (AvgIpc) is 2.47. The zero-order valence-electron chi connectivity index (χ0n) is 9.35. The van der Waals surface area contributed by atoms with E-state index in [1.165, 1.54) is 0 Å². The normalized spacial score (nSPS) is 23.1. The fourth-order valence-electron chi connectivity index (χ4n) is 2.10. The standard InChI is InChI=1S/C10H21NO3S/c1-2-4-10(5-7-12)9-11-6-3-8-15(11,13)14/h10,12H,2-9H2,1H3. The van der Waals surface area contributed by atoms with E-state index in [2.05, 4.69) is 6.92 Å². The van der Waals surface area contributed by atoms with Gasteiger partial charge in [-0.3, -0.25) is 0 Å². The van der Waals surface area contributed by atoms with Crippen molar-refractivity contribution in [2.75, 3.05) is 25.4 Å². The summed E-state index contributed by atoms with van der Waals surface area (Å²) in [5, 5.41) is 8.90. The first-order chi connectivity index (χ1) is 7.10. The summed E-state index contributed by atoms with van der Waals surface area (Å²) >= 11 is 0. The molecule has 1 rings (SSSR count). The summed E-state index contributed by atoms with van der Waals surface area (Å²) in [6.45, 7) is 3.49. The first-order valence-electron chi connectivity index (χ1n) is 5.69. The summed E-state index contributed by atoms with van der Waals surface area (Å²) in [5.74, 6) is 0.609. The van der Waals surface area contributed by atoms with Crippen molar-refractivity contribution in [2.45, 2.75) is 32.6 Å². The van der Waals surface area contributed by atoms with Crippen LogP contribution in [0.15, 0.2) is 0 Å². The van der Waals surface area contributed by atoms with Gasteiger partial charge in [0.2, 0.25) is 10.0 Å². The van der Waals surface area contributed by atoms with Crippen LogP contribution in [0.3, 0.4) is 0 Å². The molecule has 0 aromatic rings. The van der Waals surface area contributed by atoms with Gasteiger partial charge in [0.05, 0.1) is 5.75 Å². The minimum Gasteiger partial charge on any atom is -0.396 e. The third kappa shape index (κ3) is 3.74. The van der Waals surface area contributed by atoms with Crippen LogP contribution >= 0.6 is 0 Å². The van der Waals surface area contributed by atoms with Gasteiger partial charge in [0, 0.05) is 19.7 Å². The Hall–Kier alpha value is -0.130. The summed E-state index contributed by atoms with van der Waals surface area (Å²) in [6, 6.07) is 0. The summed E-state index contributed by atoms with van der Waals surface area (Å²) < 4.78 is 24.7. The van der Waals surface area contributed by atoms with E-state index >= 15 is 0 Å². The first-order valence-corrected chi connectivity index (χ1v) is 7.29. The zero-order chi connectivity index (χ0) is 11.3. The lowest BCUT2D eigenvalue weighted by atomic mass is 10.0. The van der Waals surface area contributed by atoms with E-state index in [4.69, 9.17) is 5.11 Å². The van der Waals surface area contributed by atoms with E-state index in [1.807, 2.05) is 0 Å². The van der Waals surface area contributed by atoms with E-state index in [9.17, 15) is 8.42 Å². The highest BCUT2D eigenvalue weighted by atomic mass is 32.2. The van der Waals surface area contributed by atoms with Gasteiger partial charge in [-0.25, -0.2) is 12.7 Å². The van der Waals surface area contributed by atoms with Crippen molar-refractivity contribution in [1.82, 2.24) is 4.31 Å². The number of aliphatic hydroxyl groups excluding tert-OH is 1. The number of rotatable bonds is 6. The van der Waals surface area contributed by atoms with Crippen molar-refractivity contribution in [3.05, 3.63) is 0 Å². The van der Waals surface area contributed by atoms with Crippen molar-refractivity contribution in [3.8, 4) is 0 Å². The van der Waals surface area contributed by atoms with Crippen molar-refractivity contribution in [2.24, 2.45) is 5.92 Å². The predicted octanol–water partition coefficient (Wildman–Crippen LogP) is 0.821. The SMILES string of the molecule is CCCC(CCO)CN1CCCS1(=O)=O. The summed E-state index contributed by atoms with van der Waals surface area (Å²) in [5.41, 5.74) is 0. The molecule has 1 N–H and O–H groups in total. The molecule has 4 nitrogen and oxygen atoms in total. The molecular formula is C10H21NO3S. The zero-order valence-corrected chi connectivity index (χ0v) is 10.2. The molecule has 0 amide bonds. The maximum absolute atomic E-state index is 11.6. The quantitative estimate of drug-likeness (QED) is 0.741. The van der Waals surface area contributed by atoms with Crippen LogP contribution in [-0.2, 0) is 10.0 Å². The minimum absolute atomic E-state index is 0.151. The highest BCUT2D eigenvalue weighted by molar-refractivity contribution is 7.89. The highest BCUT2D eigenvalue weighted by Crippen LogP contribution is 2.19. The second-order valence-electron chi connectivity index (χ2n) is 4.19. The smallest absolute Gasteiger partial charge is 0.214 e. The van der Waals surface area contributed by atoms with Gasteiger partial charge >= 0.3 is 0 Å². The Labute approximate surface area is 92.3 Å². The van der Waals surface area contributed by atoms with Gasteiger partial charge < -0.3 is 5.11 Å². The summed E-state index contributed by atoms with van der Waals surface area (Å²) in [7, 11) is -2.97. The number of hydrogen-bond acceptors (Lipinski definition) is 3. The van der Waals surface area contributed by atoms with Gasteiger partial charge in [-0.2, -0.15) is 0 Å². The molecule has 1 heterocycles. The molecule has 0 aromatic heterocycles. The van der Waals surface area contributed by atoms with Gasteiger partial charge in [0.25, 0.3) is 0 Å². The van der Waals surface area contributed by atoms with Crippen LogP contribution in [0.25, 0.3) is 0 Å². The van der Waals surface area contributed by atoms with Crippen LogP contribution in [0.5, 0.6) is 0 Å². The minimum atomic E-state index is -2.97. The van der Waals surface area contributed by atoms with Crippen LogP contribution in [-0.4, -0.2) is 43.3 Å². The molecule has 0 saturated carbocycles. The first kappa shape index (κ1) is 12.9. The third-order valence-corrected chi connectivity index (χ3v) is 4.82. The Morgan fingerprint density at radius 2 is 2.13 bits per heavy atom. The van der Waals surface area contributed by atoms with Crippen LogP contribution < -0.4 is 0 Å². The van der Waals surface area contributed by atoms with Gasteiger partial charge in [-0.15, -0.1) is 0 Å². The van der Waals surface area contributed by atoms with Crippen molar-refractivity contribution in [1.29, 1.82) is 0 Å². The fourth-order valence-corrected chi connectivity index (χ4v) is 3.70. The molecule has 0 radical (unpaired) electrons. The number of aliphatic hydroxyl groups is 1. The molecule has 0 aromatic carbocycles. The van der Waals surface area contributed by atoms with E-state index in [0.29, 0.717) is 31.2 Å². The lowest BCUT2D eigenvalue weighted by molar-refractivity contribution is 0.232. The van der Waals surface area contributed by atoms with Crippen LogP contribution in [0, 0.1) is 5.92 Å². The second kappa shape index (κ2) is 5.82. The molecule has 15 heavy (non-hydrogen) atoms. The molecule has 90 valence electrons. The molecule has 1 aliphatic rings. The van der Waals surface area contributed by atoms with Crippen molar-refractivity contribution >= 4 is 10.0 Å². The van der Waals surface area contributed by atoms with Crippen molar-refractivity contribution in [3.63, 3.8) is 0 Å². The maximum Gasteiger partial charge on any atom is 0.214 e. The molecule has 1 unspecified atom stereocenters. The monoisotopic (exact) mass is 235 g/mol. The topological polar surface area (TPSA) is 57.6 Å². The van der Waals surface area contributed by atoms with Crippen LogP contribution in [0.4, 0.5) is 0 Å². The van der Waals surface area contributed by atoms with Crippen LogP contribution in [0.1, 0.15) is 32.6 Å². The summed E-state index contributed by atoms with van der Waals surface area (Å²) in [4.78, 5) is 0. The molecule has 0 aliphatic carbocycles. The molecule has 5 heteroatoms. The Bertz CT molecular complexity index is 270. The maximum atomic E-state index is 11.6. The molecule has 0 spiro atoms. The lowest BCUT2D eigenvalue weighted by Gasteiger charge is -2.21. The van der Waals surface area contributed by atoms with Gasteiger partial charge in [0.1, 0.15) is 0 Å². The lowest BCUT2D eigenvalue weighted by Crippen LogP contribution is -2.31. The van der Waals surface area contributed by atoms with E-state index in [1.54, 1.807) is 4.31 Å². The largest absolute Gasteiger partial charge is 0.396 e. The third-order valence-electron chi connectivity index (χ3n) is 2.90. The van der Waals surface area contributed by atoms with Crippen LogP contribution in [0.2, 0.25) is 0 Å². The van der Waals surface area contributed by atoms with Crippen molar-refractivity contribution < 1.29 is 13.5 Å². The Morgan fingerprint density at radius 1 is 1.40 bits per heavy atom. The van der Waals surface area contributed by atoms with E-state index < -0.39 is 10.0 Å². The average molecular weight is 235 g/mol. The molecule has 1 fully saturated rings. The number of nitrogens with zero attached hydrogens (tertiary/aromatic N) is 1. The molecule has 1 saturated heterocycles. The highest BCUT2D eigenvalue weighted by Gasteiger charge is 2.29. The van der Waals surface area contributed by atoms with E-state index in [-0.39, 0.29) is 6.61 Å². The molecule has 1 atom stereocenters. The Balaban J connectivity index is 2.50. The number of sulfonamides is 1. The van der Waals surface area contributed by atoms with Gasteiger partial charge in [-0.1, -0.05) is 13.3 Å². The second-order valence-corrected chi connectivity index (χ2v) is 6.28. The molecule has 1 aliphatic heterocycles. The molecule has 0 bridgehead atoms. The number of hydrogen-bond donors (Lipinski definition) is 1. The predicted molar refractivity (Wildman–Crippen MR) is 60.1 cm³/mol. The van der Waals surface area contributed by atoms with Gasteiger partial charge in [-0.05, 0) is 25.2 Å². The molecular weight excluding hydrogens is 214 g/mol. The Kier molecular flexibility index (Phi) is 5.02. The fraction of sp³-hybridized carbons (Fsp3) is 1.00. The Morgan fingerprint density at radius 3 is 2.60 bits per heavy atom.